The second-order valence-corrected chi connectivity index (χ2v) is 13.6. The van der Waals surface area contributed by atoms with Gasteiger partial charge in [-0.1, -0.05) is 24.6 Å². The first-order valence-electron chi connectivity index (χ1n) is 13.7. The number of methoxy groups -OCH3 is 2. The van der Waals surface area contributed by atoms with Crippen molar-refractivity contribution in [2.24, 2.45) is 11.3 Å². The van der Waals surface area contributed by atoms with Crippen molar-refractivity contribution < 1.29 is 26.7 Å². The van der Waals surface area contributed by atoms with Crippen LogP contribution in [0.3, 0.4) is 0 Å². The highest BCUT2D eigenvalue weighted by Gasteiger charge is 2.47. The number of rotatable bonds is 9. The maximum Gasteiger partial charge on any atom is 0.269 e. The Hall–Kier alpha value is -3.15. The van der Waals surface area contributed by atoms with Gasteiger partial charge in [0.25, 0.3) is 10.0 Å². The standard InChI is InChI=1S/C30H35ClF2N4O4S/c1-19-13-23(36-17-30(2,18-36)21-11-12-35(3)16-21)27(31)28(33)29(19)42(38,39)37(26-8-6-7-25(32)34-26)15-20-14-22(40-4)9-10-24(20)41-5/h6-10,13-14,21H,11-12,15-18H2,1-5H3. The van der Waals surface area contributed by atoms with Crippen molar-refractivity contribution in [3.63, 3.8) is 0 Å². The number of benzene rings is 2. The fraction of sp³-hybridized carbons (Fsp3) is 0.433. The van der Waals surface area contributed by atoms with Crippen LogP contribution in [0.2, 0.25) is 5.02 Å². The number of hydrogen-bond donors (Lipinski definition) is 0. The van der Waals surface area contributed by atoms with E-state index in [9.17, 15) is 12.8 Å². The zero-order valence-corrected chi connectivity index (χ0v) is 25.9. The average molecular weight is 621 g/mol. The SMILES string of the molecule is COc1ccc(OC)c(CN(c2cccc(F)n2)S(=O)(=O)c2c(C)cc(N3CC(C)(C4CCN(C)C4)C3)c(Cl)c2F)c1. The molecule has 42 heavy (non-hydrogen) atoms. The quantitative estimate of drug-likeness (QED) is 0.292. The predicted molar refractivity (Wildman–Crippen MR) is 159 cm³/mol. The van der Waals surface area contributed by atoms with Crippen LogP contribution in [-0.2, 0) is 16.6 Å². The highest BCUT2D eigenvalue weighted by atomic mass is 35.5. The summed E-state index contributed by atoms with van der Waals surface area (Å²) in [5.74, 6) is -0.809. The Morgan fingerprint density at radius 1 is 1.14 bits per heavy atom. The summed E-state index contributed by atoms with van der Waals surface area (Å²) in [7, 11) is 0.385. The Morgan fingerprint density at radius 2 is 1.88 bits per heavy atom. The number of sulfonamides is 1. The van der Waals surface area contributed by atoms with Crippen molar-refractivity contribution in [3.8, 4) is 11.5 Å². The van der Waals surface area contributed by atoms with E-state index in [0.29, 0.717) is 41.8 Å². The fourth-order valence-electron chi connectivity index (χ4n) is 6.12. The van der Waals surface area contributed by atoms with Crippen LogP contribution in [0.25, 0.3) is 0 Å². The van der Waals surface area contributed by atoms with Crippen LogP contribution in [0.1, 0.15) is 24.5 Å². The highest BCUT2D eigenvalue weighted by molar-refractivity contribution is 7.92. The molecule has 0 aliphatic carbocycles. The number of nitrogens with zero attached hydrogens (tertiary/aromatic N) is 4. The molecule has 0 bridgehead atoms. The lowest BCUT2D eigenvalue weighted by atomic mass is 9.70. The summed E-state index contributed by atoms with van der Waals surface area (Å²) >= 11 is 6.56. The second kappa shape index (κ2) is 11.5. The molecular formula is C30H35ClF2N4O4S. The Bertz CT molecular complexity index is 1600. The van der Waals surface area contributed by atoms with Crippen molar-refractivity contribution in [3.05, 3.63) is 70.4 Å². The van der Waals surface area contributed by atoms with Gasteiger partial charge in [0, 0.05) is 30.6 Å². The van der Waals surface area contributed by atoms with E-state index in [4.69, 9.17) is 21.1 Å². The Balaban J connectivity index is 1.53. The monoisotopic (exact) mass is 620 g/mol. The average Bonchev–Trinajstić information content (AvgIpc) is 3.38. The molecule has 2 fully saturated rings. The molecule has 1 aromatic heterocycles. The number of ether oxygens (including phenoxy) is 2. The van der Waals surface area contributed by atoms with Gasteiger partial charge in [-0.15, -0.1) is 0 Å². The molecule has 2 aliphatic heterocycles. The number of aryl methyl sites for hydroxylation is 1. The van der Waals surface area contributed by atoms with Gasteiger partial charge in [-0.2, -0.15) is 4.39 Å². The topological polar surface area (TPSA) is 75.2 Å². The Kier molecular flexibility index (Phi) is 8.30. The van der Waals surface area contributed by atoms with E-state index in [1.165, 1.54) is 33.3 Å². The zero-order valence-electron chi connectivity index (χ0n) is 24.3. The first-order chi connectivity index (χ1) is 19.9. The van der Waals surface area contributed by atoms with Crippen molar-refractivity contribution in [1.82, 2.24) is 9.88 Å². The molecule has 8 nitrogen and oxygen atoms in total. The van der Waals surface area contributed by atoms with Gasteiger partial charge >= 0.3 is 0 Å². The molecule has 12 heteroatoms. The lowest BCUT2D eigenvalue weighted by molar-refractivity contribution is 0.139. The van der Waals surface area contributed by atoms with Crippen molar-refractivity contribution >= 4 is 33.1 Å². The third-order valence-electron chi connectivity index (χ3n) is 8.46. The van der Waals surface area contributed by atoms with Gasteiger partial charge in [0.15, 0.2) is 5.82 Å². The molecule has 0 amide bonds. The molecule has 0 spiro atoms. The van der Waals surface area contributed by atoms with Crippen LogP contribution in [0, 0.1) is 30.0 Å². The normalized spacial score (nSPS) is 18.6. The summed E-state index contributed by atoms with van der Waals surface area (Å²) < 4.78 is 70.5. The first-order valence-corrected chi connectivity index (χ1v) is 15.5. The number of halogens is 3. The maximum atomic E-state index is 16.1. The molecule has 0 saturated carbocycles. The third kappa shape index (κ3) is 5.49. The molecule has 2 aliphatic rings. The number of pyridine rings is 1. The minimum absolute atomic E-state index is 0.0683. The summed E-state index contributed by atoms with van der Waals surface area (Å²) in [6.07, 6.45) is 1.11. The van der Waals surface area contributed by atoms with Crippen LogP contribution < -0.4 is 18.7 Å². The second-order valence-electron chi connectivity index (χ2n) is 11.4. The minimum atomic E-state index is -4.65. The van der Waals surface area contributed by atoms with E-state index in [2.05, 4.69) is 23.9 Å². The zero-order chi connectivity index (χ0) is 30.4. The highest BCUT2D eigenvalue weighted by Crippen LogP contribution is 2.47. The Labute approximate surface area is 250 Å². The molecule has 3 heterocycles. The molecule has 2 aromatic carbocycles. The van der Waals surface area contributed by atoms with Crippen LogP contribution in [0.5, 0.6) is 11.5 Å². The van der Waals surface area contributed by atoms with Gasteiger partial charge in [-0.25, -0.2) is 22.1 Å². The van der Waals surface area contributed by atoms with E-state index in [0.717, 1.165) is 29.9 Å². The van der Waals surface area contributed by atoms with Gasteiger partial charge in [0.2, 0.25) is 5.95 Å². The molecule has 0 N–H and O–H groups in total. The van der Waals surface area contributed by atoms with Crippen molar-refractivity contribution in [2.75, 3.05) is 56.7 Å². The van der Waals surface area contributed by atoms with Gasteiger partial charge in [0.05, 0.1) is 26.5 Å². The largest absolute Gasteiger partial charge is 0.497 e. The maximum absolute atomic E-state index is 16.1. The fourth-order valence-corrected chi connectivity index (χ4v) is 8.12. The lowest BCUT2D eigenvalue weighted by Gasteiger charge is -2.53. The number of hydrogen-bond acceptors (Lipinski definition) is 7. The molecule has 2 saturated heterocycles. The van der Waals surface area contributed by atoms with Crippen LogP contribution >= 0.6 is 11.6 Å². The van der Waals surface area contributed by atoms with Gasteiger partial charge in [-0.3, -0.25) is 0 Å². The number of anilines is 2. The van der Waals surface area contributed by atoms with Crippen LogP contribution in [0.4, 0.5) is 20.3 Å². The van der Waals surface area contributed by atoms with E-state index >= 15 is 4.39 Å². The van der Waals surface area contributed by atoms with Crippen LogP contribution in [-0.4, -0.2) is 65.7 Å². The van der Waals surface area contributed by atoms with Crippen molar-refractivity contribution in [1.29, 1.82) is 0 Å². The van der Waals surface area contributed by atoms with E-state index in [1.807, 2.05) is 4.90 Å². The third-order valence-corrected chi connectivity index (χ3v) is 10.7. The molecular weight excluding hydrogens is 586 g/mol. The minimum Gasteiger partial charge on any atom is -0.497 e. The summed E-state index contributed by atoms with van der Waals surface area (Å²) in [5.41, 5.74) is 1.11. The van der Waals surface area contributed by atoms with Gasteiger partial charge < -0.3 is 19.3 Å². The van der Waals surface area contributed by atoms with Gasteiger partial charge in [0.1, 0.15) is 27.2 Å². The summed E-state index contributed by atoms with van der Waals surface area (Å²) in [4.78, 5) is 7.53. The predicted octanol–water partition coefficient (Wildman–Crippen LogP) is 5.51. The summed E-state index contributed by atoms with van der Waals surface area (Å²) in [6.45, 7) is 6.91. The van der Waals surface area contributed by atoms with Gasteiger partial charge in [-0.05, 0) is 74.8 Å². The Morgan fingerprint density at radius 3 is 2.50 bits per heavy atom. The number of likely N-dealkylation sites (tertiary alicyclic amines) is 1. The summed E-state index contributed by atoms with van der Waals surface area (Å²) in [6, 6.07) is 10.3. The van der Waals surface area contributed by atoms with E-state index < -0.39 is 26.7 Å². The smallest absolute Gasteiger partial charge is 0.269 e. The van der Waals surface area contributed by atoms with Crippen molar-refractivity contribution in [2.45, 2.75) is 31.7 Å². The molecule has 1 atom stereocenters. The van der Waals surface area contributed by atoms with Crippen LogP contribution in [0.15, 0.2) is 47.4 Å². The number of aromatic nitrogens is 1. The molecule has 0 radical (unpaired) electrons. The summed E-state index contributed by atoms with van der Waals surface area (Å²) in [5, 5.41) is -0.268. The molecule has 3 aromatic rings. The van der Waals surface area contributed by atoms with E-state index in [1.54, 1.807) is 24.3 Å². The molecule has 1 unspecified atom stereocenters. The van der Waals surface area contributed by atoms with E-state index in [-0.39, 0.29) is 28.4 Å². The lowest BCUT2D eigenvalue weighted by Crippen LogP contribution is -2.59. The first kappa shape index (κ1) is 30.3. The molecule has 226 valence electrons. The molecule has 5 rings (SSSR count).